The van der Waals surface area contributed by atoms with Gasteiger partial charge in [-0.05, 0) is 83.5 Å². The topological polar surface area (TPSA) is 95.9 Å². The van der Waals surface area contributed by atoms with Gasteiger partial charge in [0.15, 0.2) is 0 Å². The molecule has 0 saturated carbocycles. The van der Waals surface area contributed by atoms with E-state index >= 15 is 0 Å². The molecule has 0 heterocycles. The van der Waals surface area contributed by atoms with Crippen molar-refractivity contribution in [2.24, 2.45) is 0 Å². The number of unbranched alkanes of at least 4 members (excludes halogenated alkanes) is 46. The average Bonchev–Trinajstić information content (AvgIpc) is 3.39. The van der Waals surface area contributed by atoms with Crippen molar-refractivity contribution in [1.29, 1.82) is 0 Å². The molecule has 0 aromatic carbocycles. The second-order valence-corrected chi connectivity index (χ2v) is 22.4. The van der Waals surface area contributed by atoms with Gasteiger partial charge in [-0.3, -0.25) is 9.59 Å². The minimum Gasteiger partial charge on any atom is -0.466 e. The molecular formula is C67H127NO5. The molecule has 3 N–H and O–H groups in total. The van der Waals surface area contributed by atoms with Crippen molar-refractivity contribution in [3.05, 3.63) is 36.5 Å². The van der Waals surface area contributed by atoms with Crippen LogP contribution >= 0.6 is 0 Å². The van der Waals surface area contributed by atoms with Crippen LogP contribution in [0.25, 0.3) is 0 Å². The largest absolute Gasteiger partial charge is 0.466 e. The summed E-state index contributed by atoms with van der Waals surface area (Å²) in [6.07, 6.45) is 79.2. The second kappa shape index (κ2) is 62.6. The number of hydrogen-bond donors (Lipinski definition) is 3. The Balaban J connectivity index is 3.40. The van der Waals surface area contributed by atoms with Gasteiger partial charge in [0.2, 0.25) is 5.91 Å². The molecule has 0 radical (unpaired) electrons. The Kier molecular flexibility index (Phi) is 61.0. The molecule has 6 heteroatoms. The molecule has 6 nitrogen and oxygen atoms in total. The highest BCUT2D eigenvalue weighted by molar-refractivity contribution is 5.76. The smallest absolute Gasteiger partial charge is 0.305 e. The third kappa shape index (κ3) is 59.2. The highest BCUT2D eigenvalue weighted by atomic mass is 16.5. The lowest BCUT2D eigenvalue weighted by molar-refractivity contribution is -0.143. The molecule has 430 valence electrons. The van der Waals surface area contributed by atoms with Gasteiger partial charge in [0.05, 0.1) is 25.4 Å². The maximum atomic E-state index is 12.5. The Hall–Kier alpha value is -1.92. The number of amides is 1. The highest BCUT2D eigenvalue weighted by Gasteiger charge is 2.18. The number of allylic oxidation sites excluding steroid dienone is 5. The van der Waals surface area contributed by atoms with Gasteiger partial charge in [0, 0.05) is 12.8 Å². The first kappa shape index (κ1) is 71.1. The van der Waals surface area contributed by atoms with Crippen molar-refractivity contribution in [3.8, 4) is 0 Å². The van der Waals surface area contributed by atoms with E-state index in [1.54, 1.807) is 6.08 Å². The van der Waals surface area contributed by atoms with Gasteiger partial charge in [-0.25, -0.2) is 0 Å². The van der Waals surface area contributed by atoms with Crippen LogP contribution in [-0.2, 0) is 14.3 Å². The molecule has 73 heavy (non-hydrogen) atoms. The number of rotatable bonds is 61. The Bertz CT molecular complexity index is 1180. The van der Waals surface area contributed by atoms with Crippen molar-refractivity contribution >= 4 is 11.9 Å². The summed E-state index contributed by atoms with van der Waals surface area (Å²) in [6, 6.07) is -0.628. The van der Waals surface area contributed by atoms with Gasteiger partial charge in [0.25, 0.3) is 0 Å². The van der Waals surface area contributed by atoms with E-state index in [0.717, 1.165) is 44.9 Å². The number of nitrogens with one attached hydrogen (secondary N) is 1. The van der Waals surface area contributed by atoms with E-state index in [-0.39, 0.29) is 18.5 Å². The lowest BCUT2D eigenvalue weighted by atomic mass is 10.0. The van der Waals surface area contributed by atoms with Crippen molar-refractivity contribution in [2.75, 3.05) is 13.2 Å². The number of hydrogen-bond acceptors (Lipinski definition) is 5. The first-order chi connectivity index (χ1) is 36.0. The van der Waals surface area contributed by atoms with Crippen molar-refractivity contribution in [1.82, 2.24) is 5.32 Å². The summed E-state index contributed by atoms with van der Waals surface area (Å²) in [5, 5.41) is 23.1. The van der Waals surface area contributed by atoms with E-state index in [1.807, 2.05) is 6.08 Å². The maximum Gasteiger partial charge on any atom is 0.305 e. The molecule has 0 saturated heterocycles. The Morgan fingerprint density at radius 2 is 0.644 bits per heavy atom. The molecule has 2 atom stereocenters. The SMILES string of the molecule is CCCCCC/C=C\CCCCCCCC(=O)OCCCCCCCCCCCCCC/C=C\CCCCCCCCCCCCCCC(=O)NC(CO)C(O)/C=C/CCCCCCCCCCCCCCC. The zero-order valence-electron chi connectivity index (χ0n) is 49.1. The summed E-state index contributed by atoms with van der Waals surface area (Å²) >= 11 is 0. The standard InChI is InChI=1S/C67H127NO5/c1-3-5-7-9-11-13-15-17-32-36-39-43-47-51-55-59-65(70)64(63-69)68-66(71)60-56-52-48-44-40-37-33-30-28-26-24-22-20-18-19-21-23-25-27-29-31-34-38-42-46-50-54-58-62-73-67(72)61-57-53-49-45-41-35-16-14-12-10-8-6-4-2/h14,16,18-19,55,59,64-65,69-70H,3-13,15,17,20-54,56-58,60-63H2,1-2H3,(H,68,71)/b16-14-,19-18-,59-55+. The molecular weight excluding hydrogens is 899 g/mol. The lowest BCUT2D eigenvalue weighted by Gasteiger charge is -2.20. The predicted molar refractivity (Wildman–Crippen MR) is 319 cm³/mol. The van der Waals surface area contributed by atoms with Crippen LogP contribution in [0, 0.1) is 0 Å². The van der Waals surface area contributed by atoms with Crippen molar-refractivity contribution in [3.63, 3.8) is 0 Å². The number of ether oxygens (including phenoxy) is 1. The van der Waals surface area contributed by atoms with E-state index in [2.05, 4.69) is 43.5 Å². The first-order valence-corrected chi connectivity index (χ1v) is 32.8. The molecule has 1 amide bonds. The third-order valence-electron chi connectivity index (χ3n) is 15.1. The lowest BCUT2D eigenvalue weighted by Crippen LogP contribution is -2.45. The van der Waals surface area contributed by atoms with Crippen LogP contribution < -0.4 is 5.32 Å². The summed E-state index contributed by atoms with van der Waals surface area (Å²) in [6.45, 7) is 4.90. The molecule has 0 aromatic rings. The van der Waals surface area contributed by atoms with Gasteiger partial charge in [-0.1, -0.05) is 294 Å². The summed E-state index contributed by atoms with van der Waals surface area (Å²) in [5.74, 6) is -0.0602. The Morgan fingerprint density at radius 1 is 0.370 bits per heavy atom. The van der Waals surface area contributed by atoms with E-state index in [9.17, 15) is 19.8 Å². The zero-order valence-corrected chi connectivity index (χ0v) is 49.1. The molecule has 0 fully saturated rings. The van der Waals surface area contributed by atoms with Gasteiger partial charge < -0.3 is 20.3 Å². The second-order valence-electron chi connectivity index (χ2n) is 22.4. The molecule has 0 aromatic heterocycles. The molecule has 0 spiro atoms. The van der Waals surface area contributed by atoms with Crippen molar-refractivity contribution < 1.29 is 24.5 Å². The summed E-state index contributed by atoms with van der Waals surface area (Å²) in [4.78, 5) is 24.5. The van der Waals surface area contributed by atoms with Crippen LogP contribution in [0.1, 0.15) is 354 Å². The molecule has 2 unspecified atom stereocenters. The normalized spacial score (nSPS) is 12.8. The first-order valence-electron chi connectivity index (χ1n) is 32.8. The van der Waals surface area contributed by atoms with E-state index in [0.29, 0.717) is 19.4 Å². The van der Waals surface area contributed by atoms with E-state index < -0.39 is 12.1 Å². The van der Waals surface area contributed by atoms with Crippen LogP contribution in [0.4, 0.5) is 0 Å². The van der Waals surface area contributed by atoms with Crippen LogP contribution in [-0.4, -0.2) is 47.4 Å². The molecule has 0 aliphatic heterocycles. The summed E-state index contributed by atoms with van der Waals surface area (Å²) in [7, 11) is 0. The fourth-order valence-corrected chi connectivity index (χ4v) is 10.1. The third-order valence-corrected chi connectivity index (χ3v) is 15.1. The number of esters is 1. The monoisotopic (exact) mass is 1030 g/mol. The van der Waals surface area contributed by atoms with Gasteiger partial charge in [0.1, 0.15) is 0 Å². The fourth-order valence-electron chi connectivity index (χ4n) is 10.1. The van der Waals surface area contributed by atoms with Gasteiger partial charge in [-0.15, -0.1) is 0 Å². The minimum absolute atomic E-state index is 0.00624. The minimum atomic E-state index is -0.844. The average molecular weight is 1030 g/mol. The van der Waals surface area contributed by atoms with E-state index in [1.165, 1.54) is 283 Å². The number of aliphatic hydroxyl groups excluding tert-OH is 2. The van der Waals surface area contributed by atoms with Crippen LogP contribution in [0.15, 0.2) is 36.5 Å². The Morgan fingerprint density at radius 3 is 0.986 bits per heavy atom. The van der Waals surface area contributed by atoms with E-state index in [4.69, 9.17) is 4.74 Å². The summed E-state index contributed by atoms with van der Waals surface area (Å²) in [5.41, 5.74) is 0. The highest BCUT2D eigenvalue weighted by Crippen LogP contribution is 2.17. The quantitative estimate of drug-likeness (QED) is 0.0320. The molecule has 0 aliphatic carbocycles. The van der Waals surface area contributed by atoms with Crippen LogP contribution in [0.2, 0.25) is 0 Å². The zero-order chi connectivity index (χ0) is 52.9. The summed E-state index contributed by atoms with van der Waals surface area (Å²) < 4.78 is 5.48. The van der Waals surface area contributed by atoms with Crippen molar-refractivity contribution in [2.45, 2.75) is 366 Å². The van der Waals surface area contributed by atoms with Gasteiger partial charge in [-0.2, -0.15) is 0 Å². The number of carbonyl (C=O) groups excluding carboxylic acids is 2. The van der Waals surface area contributed by atoms with Gasteiger partial charge >= 0.3 is 5.97 Å². The van der Waals surface area contributed by atoms with Crippen LogP contribution in [0.3, 0.4) is 0 Å². The predicted octanol–water partition coefficient (Wildman–Crippen LogP) is 20.8. The molecule has 0 bridgehead atoms. The number of aliphatic hydroxyl groups is 2. The van der Waals surface area contributed by atoms with Crippen LogP contribution in [0.5, 0.6) is 0 Å². The Labute approximate surface area is 455 Å². The molecule has 0 rings (SSSR count). The number of carbonyl (C=O) groups is 2. The fraction of sp³-hybridized carbons (Fsp3) is 0.881. The molecule has 0 aliphatic rings. The maximum absolute atomic E-state index is 12.5.